The molecule has 0 aromatic carbocycles. The molecule has 0 saturated heterocycles. The van der Waals surface area contributed by atoms with E-state index in [1.165, 1.54) is 25.7 Å². The van der Waals surface area contributed by atoms with Crippen molar-refractivity contribution in [3.05, 3.63) is 6.92 Å². The van der Waals surface area contributed by atoms with Crippen molar-refractivity contribution in [1.29, 1.82) is 0 Å². The van der Waals surface area contributed by atoms with Gasteiger partial charge in [-0.1, -0.05) is 46.0 Å². The van der Waals surface area contributed by atoms with E-state index in [0.717, 1.165) is 25.7 Å². The van der Waals surface area contributed by atoms with Crippen LogP contribution in [-0.2, 0) is 0 Å². The average Bonchev–Trinajstić information content (AvgIpc) is 2.13. The van der Waals surface area contributed by atoms with Gasteiger partial charge in [-0.25, -0.2) is 0 Å². The molecular formula is C12H27N2. The van der Waals surface area contributed by atoms with Crippen LogP contribution in [0, 0.1) is 6.92 Å². The van der Waals surface area contributed by atoms with Crippen LogP contribution in [0.1, 0.15) is 58.3 Å². The van der Waals surface area contributed by atoms with Crippen molar-refractivity contribution in [3.63, 3.8) is 0 Å². The van der Waals surface area contributed by atoms with Gasteiger partial charge in [0.05, 0.1) is 0 Å². The van der Waals surface area contributed by atoms with Crippen molar-refractivity contribution >= 4 is 0 Å². The molecule has 0 saturated carbocycles. The molecule has 0 heterocycles. The summed E-state index contributed by atoms with van der Waals surface area (Å²) in [6.07, 6.45) is 9.20. The first-order chi connectivity index (χ1) is 6.70. The van der Waals surface area contributed by atoms with Crippen LogP contribution >= 0.6 is 0 Å². The SMILES string of the molecule is [CH2]CCC(N)CC(N)CCCCCC. The Hall–Kier alpha value is -0.0800. The smallest absolute Gasteiger partial charge is 0.00535 e. The molecule has 0 bridgehead atoms. The average molecular weight is 199 g/mol. The van der Waals surface area contributed by atoms with Crippen LogP contribution in [0.3, 0.4) is 0 Å². The third-order valence-electron chi connectivity index (χ3n) is 2.61. The lowest BCUT2D eigenvalue weighted by atomic mass is 9.99. The van der Waals surface area contributed by atoms with Gasteiger partial charge in [0.25, 0.3) is 0 Å². The lowest BCUT2D eigenvalue weighted by molar-refractivity contribution is 0.460. The number of nitrogens with two attached hydrogens (primary N) is 2. The van der Waals surface area contributed by atoms with Gasteiger partial charge in [0.15, 0.2) is 0 Å². The third-order valence-corrected chi connectivity index (χ3v) is 2.61. The summed E-state index contributed by atoms with van der Waals surface area (Å²) in [7, 11) is 0. The van der Waals surface area contributed by atoms with Crippen molar-refractivity contribution in [1.82, 2.24) is 0 Å². The Morgan fingerprint density at radius 1 is 1.00 bits per heavy atom. The fourth-order valence-electron chi connectivity index (χ4n) is 1.72. The highest BCUT2D eigenvalue weighted by Gasteiger charge is 2.08. The van der Waals surface area contributed by atoms with E-state index in [1.54, 1.807) is 0 Å². The van der Waals surface area contributed by atoms with Gasteiger partial charge in [-0.3, -0.25) is 0 Å². The molecule has 0 aliphatic rings. The highest BCUT2D eigenvalue weighted by molar-refractivity contribution is 4.71. The van der Waals surface area contributed by atoms with Crippen molar-refractivity contribution in [2.75, 3.05) is 0 Å². The fraction of sp³-hybridized carbons (Fsp3) is 0.917. The number of hydrogen-bond acceptors (Lipinski definition) is 2. The zero-order valence-corrected chi connectivity index (χ0v) is 9.67. The van der Waals surface area contributed by atoms with Crippen molar-refractivity contribution in [2.24, 2.45) is 11.5 Å². The quantitative estimate of drug-likeness (QED) is 0.561. The van der Waals surface area contributed by atoms with Crippen LogP contribution in [-0.4, -0.2) is 12.1 Å². The topological polar surface area (TPSA) is 52.0 Å². The van der Waals surface area contributed by atoms with E-state index in [2.05, 4.69) is 13.8 Å². The summed E-state index contributed by atoms with van der Waals surface area (Å²) in [5, 5.41) is 0. The predicted molar refractivity (Wildman–Crippen MR) is 63.9 cm³/mol. The summed E-state index contributed by atoms with van der Waals surface area (Å²) in [5.41, 5.74) is 11.9. The largest absolute Gasteiger partial charge is 0.328 e. The molecule has 4 N–H and O–H groups in total. The second-order valence-electron chi connectivity index (χ2n) is 4.25. The van der Waals surface area contributed by atoms with Crippen molar-refractivity contribution in [3.8, 4) is 0 Å². The highest BCUT2D eigenvalue weighted by atomic mass is 14.7. The molecule has 0 aromatic rings. The molecule has 14 heavy (non-hydrogen) atoms. The molecule has 2 nitrogen and oxygen atoms in total. The molecule has 0 amide bonds. The summed E-state index contributed by atoms with van der Waals surface area (Å²) in [5.74, 6) is 0. The van der Waals surface area contributed by atoms with Gasteiger partial charge in [-0.2, -0.15) is 0 Å². The highest BCUT2D eigenvalue weighted by Crippen LogP contribution is 2.09. The van der Waals surface area contributed by atoms with E-state index in [1.807, 2.05) is 0 Å². The first-order valence-electron chi connectivity index (χ1n) is 6.01. The summed E-state index contributed by atoms with van der Waals surface area (Å²) in [6, 6.07) is 0.557. The second kappa shape index (κ2) is 9.47. The predicted octanol–water partition coefficient (Wildman–Crippen LogP) is 2.62. The molecule has 2 heteroatoms. The van der Waals surface area contributed by atoms with E-state index in [0.29, 0.717) is 6.04 Å². The maximum absolute atomic E-state index is 5.99. The van der Waals surface area contributed by atoms with E-state index in [9.17, 15) is 0 Å². The Labute approximate surface area is 89.4 Å². The summed E-state index contributed by atoms with van der Waals surface area (Å²) in [4.78, 5) is 0. The zero-order valence-electron chi connectivity index (χ0n) is 9.67. The third kappa shape index (κ3) is 8.52. The molecule has 0 aliphatic heterocycles. The van der Waals surface area contributed by atoms with Gasteiger partial charge in [0.1, 0.15) is 0 Å². The maximum Gasteiger partial charge on any atom is 0.00535 e. The minimum Gasteiger partial charge on any atom is -0.328 e. The van der Waals surface area contributed by atoms with Gasteiger partial charge in [0.2, 0.25) is 0 Å². The molecule has 0 rings (SSSR count). The van der Waals surface area contributed by atoms with Crippen molar-refractivity contribution in [2.45, 2.75) is 70.4 Å². The Balaban J connectivity index is 3.30. The second-order valence-corrected chi connectivity index (χ2v) is 4.25. The van der Waals surface area contributed by atoms with Gasteiger partial charge >= 0.3 is 0 Å². The molecule has 85 valence electrons. The van der Waals surface area contributed by atoms with Crippen molar-refractivity contribution < 1.29 is 0 Å². The lowest BCUT2D eigenvalue weighted by Gasteiger charge is -2.16. The zero-order chi connectivity index (χ0) is 10.8. The fourth-order valence-corrected chi connectivity index (χ4v) is 1.72. The van der Waals surface area contributed by atoms with Crippen LogP contribution in [0.2, 0.25) is 0 Å². The minimum absolute atomic E-state index is 0.258. The van der Waals surface area contributed by atoms with E-state index < -0.39 is 0 Å². The number of hydrogen-bond donors (Lipinski definition) is 2. The van der Waals surface area contributed by atoms with Crippen LogP contribution in [0.5, 0.6) is 0 Å². The summed E-state index contributed by atoms with van der Waals surface area (Å²) >= 11 is 0. The van der Waals surface area contributed by atoms with E-state index in [4.69, 9.17) is 11.5 Å². The Kier molecular flexibility index (Phi) is 9.42. The Bertz CT molecular complexity index is 115. The van der Waals surface area contributed by atoms with Gasteiger partial charge in [0, 0.05) is 12.1 Å². The molecule has 0 spiro atoms. The summed E-state index contributed by atoms with van der Waals surface area (Å²) in [6.45, 7) is 6.02. The molecule has 2 atom stereocenters. The molecular weight excluding hydrogens is 172 g/mol. The monoisotopic (exact) mass is 199 g/mol. The van der Waals surface area contributed by atoms with Gasteiger partial charge < -0.3 is 11.5 Å². The van der Waals surface area contributed by atoms with Gasteiger partial charge in [-0.05, 0) is 19.3 Å². The van der Waals surface area contributed by atoms with Crippen LogP contribution in [0.4, 0.5) is 0 Å². The molecule has 0 aromatic heterocycles. The van der Waals surface area contributed by atoms with Crippen LogP contribution in [0.15, 0.2) is 0 Å². The first-order valence-corrected chi connectivity index (χ1v) is 6.01. The minimum atomic E-state index is 0.258. The number of unbranched alkanes of at least 4 members (excludes halogenated alkanes) is 3. The normalized spacial score (nSPS) is 15.4. The molecule has 0 aliphatic carbocycles. The van der Waals surface area contributed by atoms with E-state index in [-0.39, 0.29) is 6.04 Å². The maximum atomic E-state index is 5.99. The Morgan fingerprint density at radius 3 is 2.21 bits per heavy atom. The van der Waals surface area contributed by atoms with E-state index >= 15 is 0 Å². The van der Waals surface area contributed by atoms with Crippen LogP contribution in [0.25, 0.3) is 0 Å². The molecule has 2 unspecified atom stereocenters. The Morgan fingerprint density at radius 2 is 1.64 bits per heavy atom. The van der Waals surface area contributed by atoms with Crippen LogP contribution < -0.4 is 11.5 Å². The standard InChI is InChI=1S/C12H27N2/c1-3-5-6-7-9-12(14)10-11(13)8-4-2/h11-12H,2-10,13-14H2,1H3. The number of rotatable bonds is 9. The lowest BCUT2D eigenvalue weighted by Crippen LogP contribution is -2.31. The first kappa shape index (κ1) is 13.9. The summed E-state index contributed by atoms with van der Waals surface area (Å²) < 4.78 is 0. The molecule has 1 radical (unpaired) electrons. The molecule has 0 fully saturated rings. The van der Waals surface area contributed by atoms with Gasteiger partial charge in [-0.15, -0.1) is 0 Å².